The van der Waals surface area contributed by atoms with Gasteiger partial charge in [-0.05, 0) is 42.8 Å². The molecule has 1 aromatic heterocycles. The summed E-state index contributed by atoms with van der Waals surface area (Å²) in [5, 5.41) is 11.7. The normalized spacial score (nSPS) is 12.2. The summed E-state index contributed by atoms with van der Waals surface area (Å²) < 4.78 is 6.17. The number of aliphatic hydroxyl groups excluding tert-OH is 1. The van der Waals surface area contributed by atoms with Crippen LogP contribution in [-0.4, -0.2) is 33.8 Å². The average Bonchev–Trinajstić information content (AvgIpc) is 2.68. The van der Waals surface area contributed by atoms with Crippen LogP contribution < -0.4 is 5.56 Å². The summed E-state index contributed by atoms with van der Waals surface area (Å²) in [6.07, 6.45) is -0.736. The number of hydrogen-bond acceptors (Lipinski definition) is 6. The van der Waals surface area contributed by atoms with Gasteiger partial charge >= 0.3 is 5.97 Å². The molecule has 0 amide bonds. The number of halogens is 2. The van der Waals surface area contributed by atoms with Crippen LogP contribution in [-0.2, 0) is 17.0 Å². The molecule has 152 valence electrons. The van der Waals surface area contributed by atoms with Gasteiger partial charge in [-0.1, -0.05) is 41.0 Å². The van der Waals surface area contributed by atoms with Crippen LogP contribution in [0.25, 0.3) is 10.9 Å². The van der Waals surface area contributed by atoms with Gasteiger partial charge < -0.3 is 9.84 Å². The molecule has 3 rings (SSSR count). The number of carbonyl (C=O) groups is 1. The molecule has 0 spiro atoms. The highest BCUT2D eigenvalue weighted by atomic mass is 35.5. The lowest BCUT2D eigenvalue weighted by atomic mass is 10.1. The molecule has 0 aliphatic rings. The average molecular weight is 453 g/mol. The Kier molecular flexibility index (Phi) is 6.85. The molecule has 3 aromatic rings. The van der Waals surface area contributed by atoms with E-state index in [-0.39, 0.29) is 12.1 Å². The number of hydrogen-bond donors (Lipinski definition) is 1. The van der Waals surface area contributed by atoms with E-state index < -0.39 is 12.1 Å². The number of nitrogens with zero attached hydrogens (tertiary/aromatic N) is 2. The summed E-state index contributed by atoms with van der Waals surface area (Å²) in [6, 6.07) is 9.78. The van der Waals surface area contributed by atoms with Gasteiger partial charge in [0.25, 0.3) is 5.56 Å². The van der Waals surface area contributed by atoms with E-state index in [1.807, 2.05) is 6.07 Å². The molecule has 2 aromatic carbocycles. The van der Waals surface area contributed by atoms with Crippen molar-refractivity contribution in [3.05, 3.63) is 67.9 Å². The van der Waals surface area contributed by atoms with Crippen molar-refractivity contribution in [2.24, 2.45) is 0 Å². The fourth-order valence-corrected chi connectivity index (χ4v) is 4.33. The van der Waals surface area contributed by atoms with E-state index in [0.717, 1.165) is 5.56 Å². The SMILES string of the molecule is COC(=O)c1ccc2c(=O)n(CC(C)O)c(SCc3ccc(Cl)cc3Cl)nc2c1. The second-order valence-corrected chi connectivity index (χ2v) is 8.19. The summed E-state index contributed by atoms with van der Waals surface area (Å²) in [5.41, 5.74) is 1.22. The van der Waals surface area contributed by atoms with Gasteiger partial charge in [0.2, 0.25) is 0 Å². The van der Waals surface area contributed by atoms with Crippen molar-refractivity contribution in [1.29, 1.82) is 0 Å². The minimum absolute atomic E-state index is 0.0945. The van der Waals surface area contributed by atoms with E-state index >= 15 is 0 Å². The minimum atomic E-state index is -0.736. The lowest BCUT2D eigenvalue weighted by molar-refractivity contribution is 0.0601. The van der Waals surface area contributed by atoms with Crippen molar-refractivity contribution in [2.75, 3.05) is 7.11 Å². The lowest BCUT2D eigenvalue weighted by Crippen LogP contribution is -2.28. The monoisotopic (exact) mass is 452 g/mol. The molecule has 0 fully saturated rings. The number of rotatable bonds is 6. The largest absolute Gasteiger partial charge is 0.465 e. The van der Waals surface area contributed by atoms with Crippen LogP contribution in [0.3, 0.4) is 0 Å². The molecule has 1 unspecified atom stereocenters. The molecule has 0 saturated heterocycles. The molecule has 9 heteroatoms. The van der Waals surface area contributed by atoms with Crippen LogP contribution >= 0.6 is 35.0 Å². The Hall–Kier alpha value is -2.06. The van der Waals surface area contributed by atoms with E-state index in [2.05, 4.69) is 4.98 Å². The van der Waals surface area contributed by atoms with Crippen LogP contribution in [0.4, 0.5) is 0 Å². The number of esters is 1. The summed E-state index contributed by atoms with van der Waals surface area (Å²) >= 11 is 13.5. The Morgan fingerprint density at radius 3 is 2.69 bits per heavy atom. The zero-order valence-corrected chi connectivity index (χ0v) is 18.0. The third kappa shape index (κ3) is 4.93. The second-order valence-electron chi connectivity index (χ2n) is 6.41. The first kappa shape index (κ1) is 21.6. The summed E-state index contributed by atoms with van der Waals surface area (Å²) in [5.74, 6) is -0.0613. The van der Waals surface area contributed by atoms with Crippen LogP contribution in [0.5, 0.6) is 0 Å². The first-order chi connectivity index (χ1) is 13.8. The molecule has 1 heterocycles. The zero-order valence-electron chi connectivity index (χ0n) is 15.7. The number of ether oxygens (including phenoxy) is 1. The fraction of sp³-hybridized carbons (Fsp3) is 0.250. The summed E-state index contributed by atoms with van der Waals surface area (Å²) in [7, 11) is 1.29. The van der Waals surface area contributed by atoms with Gasteiger partial charge in [-0.25, -0.2) is 9.78 Å². The minimum Gasteiger partial charge on any atom is -0.465 e. The highest BCUT2D eigenvalue weighted by Crippen LogP contribution is 2.28. The molecule has 1 N–H and O–H groups in total. The quantitative estimate of drug-likeness (QED) is 0.343. The van der Waals surface area contributed by atoms with Crippen molar-refractivity contribution < 1.29 is 14.6 Å². The Morgan fingerprint density at radius 1 is 1.28 bits per heavy atom. The van der Waals surface area contributed by atoms with Gasteiger partial charge in [-0.3, -0.25) is 9.36 Å². The third-order valence-electron chi connectivity index (χ3n) is 4.16. The van der Waals surface area contributed by atoms with Crippen molar-refractivity contribution >= 4 is 51.8 Å². The predicted molar refractivity (Wildman–Crippen MR) is 115 cm³/mol. The van der Waals surface area contributed by atoms with Gasteiger partial charge in [-0.15, -0.1) is 0 Å². The van der Waals surface area contributed by atoms with Crippen molar-refractivity contribution in [3.63, 3.8) is 0 Å². The van der Waals surface area contributed by atoms with E-state index in [0.29, 0.717) is 37.4 Å². The van der Waals surface area contributed by atoms with Crippen molar-refractivity contribution in [1.82, 2.24) is 9.55 Å². The molecular weight excluding hydrogens is 435 g/mol. The van der Waals surface area contributed by atoms with Crippen molar-refractivity contribution in [2.45, 2.75) is 30.5 Å². The third-order valence-corrected chi connectivity index (χ3v) is 5.77. The Labute approximate surface area is 181 Å². The molecule has 6 nitrogen and oxygen atoms in total. The maximum atomic E-state index is 13.0. The van der Waals surface area contributed by atoms with Crippen LogP contribution in [0.1, 0.15) is 22.8 Å². The smallest absolute Gasteiger partial charge is 0.337 e. The standard InChI is InChI=1S/C20H18Cl2N2O4S/c1-11(25)9-24-18(26)15-6-4-12(19(27)28-2)7-17(15)23-20(24)29-10-13-3-5-14(21)8-16(13)22/h3-8,11,25H,9-10H2,1-2H3. The van der Waals surface area contributed by atoms with E-state index in [1.54, 1.807) is 25.1 Å². The van der Waals surface area contributed by atoms with Crippen molar-refractivity contribution in [3.8, 4) is 0 Å². The molecule has 0 aliphatic heterocycles. The Balaban J connectivity index is 2.06. The number of aromatic nitrogens is 2. The van der Waals surface area contributed by atoms with Gasteiger partial charge in [0.1, 0.15) is 0 Å². The molecule has 0 saturated carbocycles. The topological polar surface area (TPSA) is 81.4 Å². The molecule has 1 atom stereocenters. The highest BCUT2D eigenvalue weighted by molar-refractivity contribution is 7.98. The molecule has 29 heavy (non-hydrogen) atoms. The highest BCUT2D eigenvalue weighted by Gasteiger charge is 2.16. The van der Waals surface area contributed by atoms with E-state index in [1.165, 1.54) is 35.6 Å². The van der Waals surface area contributed by atoms with Crippen LogP contribution in [0.15, 0.2) is 46.3 Å². The number of fused-ring (bicyclic) bond motifs is 1. The molecule has 0 radical (unpaired) electrons. The van der Waals surface area contributed by atoms with Gasteiger partial charge in [0.05, 0.1) is 36.2 Å². The maximum absolute atomic E-state index is 13.0. The maximum Gasteiger partial charge on any atom is 0.337 e. The molecule has 0 bridgehead atoms. The fourth-order valence-electron chi connectivity index (χ4n) is 2.76. The van der Waals surface area contributed by atoms with Gasteiger partial charge in [-0.2, -0.15) is 0 Å². The Bertz CT molecular complexity index is 1130. The van der Waals surface area contributed by atoms with E-state index in [4.69, 9.17) is 27.9 Å². The Morgan fingerprint density at radius 2 is 2.03 bits per heavy atom. The number of benzene rings is 2. The predicted octanol–water partition coefficient (Wildman–Crippen LogP) is 4.16. The molecule has 0 aliphatic carbocycles. The number of thioether (sulfide) groups is 1. The lowest BCUT2D eigenvalue weighted by Gasteiger charge is -2.15. The summed E-state index contributed by atoms with van der Waals surface area (Å²) in [4.78, 5) is 29.4. The van der Waals surface area contributed by atoms with Crippen LogP contribution in [0, 0.1) is 0 Å². The second kappa shape index (κ2) is 9.17. The first-order valence-corrected chi connectivity index (χ1v) is 10.4. The summed E-state index contributed by atoms with van der Waals surface area (Å²) in [6.45, 7) is 1.69. The van der Waals surface area contributed by atoms with E-state index in [9.17, 15) is 14.7 Å². The number of methoxy groups -OCH3 is 1. The van der Waals surface area contributed by atoms with Gasteiger partial charge in [0, 0.05) is 15.8 Å². The molecular formula is C20H18Cl2N2O4S. The van der Waals surface area contributed by atoms with Gasteiger partial charge in [0.15, 0.2) is 5.16 Å². The number of carbonyl (C=O) groups excluding carboxylic acids is 1. The zero-order chi connectivity index (χ0) is 21.1. The van der Waals surface area contributed by atoms with Crippen LogP contribution in [0.2, 0.25) is 10.0 Å². The number of aliphatic hydroxyl groups is 1. The first-order valence-electron chi connectivity index (χ1n) is 8.68.